The second-order valence-corrected chi connectivity index (χ2v) is 8.18. The highest BCUT2D eigenvalue weighted by Gasteiger charge is 2.36. The highest BCUT2D eigenvalue weighted by molar-refractivity contribution is 7.03. The molecule has 1 fully saturated rings. The van der Waals surface area contributed by atoms with Crippen LogP contribution in [0.3, 0.4) is 0 Å². The van der Waals surface area contributed by atoms with Crippen LogP contribution in [-0.2, 0) is 4.79 Å². The van der Waals surface area contributed by atoms with Gasteiger partial charge in [0.2, 0.25) is 5.91 Å². The maximum atomic E-state index is 14.9. The number of hydrogen-bond donors (Lipinski definition) is 1. The number of rotatable bonds is 6. The lowest BCUT2D eigenvalue weighted by Crippen LogP contribution is -2.47. The summed E-state index contributed by atoms with van der Waals surface area (Å²) in [6, 6.07) is 13.7. The standard InChI is InChI=1S/C23H23FN4O2S/c24-19-14-8-7-13-18(19)21(22(29)25-16-9-3-1-4-10-16)28(17-11-5-2-6-12-17)23(30)20-15-31-27-26-20/h2,5-8,11-16,21H,1,3-4,9-10H2,(H,25,29). The molecule has 0 radical (unpaired) electrons. The van der Waals surface area contributed by atoms with Crippen molar-refractivity contribution in [3.63, 3.8) is 0 Å². The Morgan fingerprint density at radius 3 is 2.42 bits per heavy atom. The number of nitrogens with zero attached hydrogens (tertiary/aromatic N) is 3. The van der Waals surface area contributed by atoms with E-state index in [0.29, 0.717) is 5.69 Å². The summed E-state index contributed by atoms with van der Waals surface area (Å²) in [5.74, 6) is -1.46. The number of carbonyl (C=O) groups is 2. The molecule has 4 rings (SSSR count). The van der Waals surface area contributed by atoms with E-state index < -0.39 is 23.7 Å². The van der Waals surface area contributed by atoms with Crippen LogP contribution in [0.1, 0.15) is 54.2 Å². The second-order valence-electron chi connectivity index (χ2n) is 7.57. The van der Waals surface area contributed by atoms with Gasteiger partial charge in [-0.05, 0) is 42.6 Å². The molecule has 0 spiro atoms. The Labute approximate surface area is 184 Å². The summed E-state index contributed by atoms with van der Waals surface area (Å²) < 4.78 is 18.7. The topological polar surface area (TPSA) is 75.2 Å². The molecule has 8 heteroatoms. The predicted molar refractivity (Wildman–Crippen MR) is 117 cm³/mol. The summed E-state index contributed by atoms with van der Waals surface area (Å²) in [5.41, 5.74) is 0.726. The van der Waals surface area contributed by atoms with Gasteiger partial charge < -0.3 is 5.32 Å². The van der Waals surface area contributed by atoms with E-state index in [9.17, 15) is 14.0 Å². The first-order valence-corrected chi connectivity index (χ1v) is 11.2. The summed E-state index contributed by atoms with van der Waals surface area (Å²) in [5, 5.41) is 8.47. The van der Waals surface area contributed by atoms with Crippen molar-refractivity contribution < 1.29 is 14.0 Å². The molecule has 1 aliphatic rings. The fourth-order valence-corrected chi connectivity index (χ4v) is 4.40. The van der Waals surface area contributed by atoms with Gasteiger partial charge in [-0.3, -0.25) is 14.5 Å². The van der Waals surface area contributed by atoms with E-state index in [4.69, 9.17) is 0 Å². The fraction of sp³-hybridized carbons (Fsp3) is 0.304. The van der Waals surface area contributed by atoms with Crippen molar-refractivity contribution in [3.05, 3.63) is 77.1 Å². The normalized spacial score (nSPS) is 15.3. The van der Waals surface area contributed by atoms with Crippen LogP contribution in [0.4, 0.5) is 10.1 Å². The molecule has 160 valence electrons. The van der Waals surface area contributed by atoms with Gasteiger partial charge in [0.25, 0.3) is 5.91 Å². The molecular formula is C23H23FN4O2S. The minimum absolute atomic E-state index is 0.0178. The number of halogens is 1. The van der Waals surface area contributed by atoms with Crippen LogP contribution >= 0.6 is 11.5 Å². The highest BCUT2D eigenvalue weighted by atomic mass is 32.1. The van der Waals surface area contributed by atoms with Gasteiger partial charge in [0.1, 0.15) is 11.9 Å². The number of anilines is 1. The predicted octanol–water partition coefficient (Wildman–Crippen LogP) is 4.51. The number of amides is 2. The van der Waals surface area contributed by atoms with Gasteiger partial charge >= 0.3 is 0 Å². The molecule has 3 aromatic rings. The van der Waals surface area contributed by atoms with Crippen LogP contribution in [0, 0.1) is 5.82 Å². The van der Waals surface area contributed by atoms with Crippen LogP contribution in [0.25, 0.3) is 0 Å². The van der Waals surface area contributed by atoms with Gasteiger partial charge in [0, 0.05) is 22.7 Å². The van der Waals surface area contributed by atoms with Crippen LogP contribution in [-0.4, -0.2) is 27.4 Å². The van der Waals surface area contributed by atoms with E-state index in [0.717, 1.165) is 43.6 Å². The molecule has 1 atom stereocenters. The molecule has 1 N–H and O–H groups in total. The Morgan fingerprint density at radius 1 is 1.03 bits per heavy atom. The Morgan fingerprint density at radius 2 is 1.74 bits per heavy atom. The Bertz CT molecular complexity index is 1020. The molecule has 1 heterocycles. The van der Waals surface area contributed by atoms with Crippen LogP contribution in [0.5, 0.6) is 0 Å². The average Bonchev–Trinajstić information content (AvgIpc) is 3.34. The Hall–Kier alpha value is -3.13. The van der Waals surface area contributed by atoms with Crippen molar-refractivity contribution >= 4 is 29.0 Å². The van der Waals surface area contributed by atoms with Gasteiger partial charge in [-0.1, -0.05) is 60.1 Å². The van der Waals surface area contributed by atoms with Gasteiger partial charge in [-0.2, -0.15) is 0 Å². The summed E-state index contributed by atoms with van der Waals surface area (Å²) in [6.45, 7) is 0. The maximum absolute atomic E-state index is 14.9. The number of para-hydroxylation sites is 1. The minimum atomic E-state index is -1.18. The molecule has 2 aromatic carbocycles. The van der Waals surface area contributed by atoms with E-state index >= 15 is 0 Å². The third-order valence-electron chi connectivity index (χ3n) is 5.49. The second kappa shape index (κ2) is 9.78. The van der Waals surface area contributed by atoms with Gasteiger partial charge in [-0.15, -0.1) is 5.10 Å². The van der Waals surface area contributed by atoms with Crippen LogP contribution < -0.4 is 10.2 Å². The number of hydrogen-bond acceptors (Lipinski definition) is 5. The molecule has 0 saturated heterocycles. The Kier molecular flexibility index (Phi) is 6.66. The minimum Gasteiger partial charge on any atom is -0.351 e. The molecule has 1 saturated carbocycles. The number of nitrogens with one attached hydrogen (secondary N) is 1. The maximum Gasteiger partial charge on any atom is 0.280 e. The summed E-state index contributed by atoms with van der Waals surface area (Å²) >= 11 is 1.04. The zero-order chi connectivity index (χ0) is 21.6. The van der Waals surface area contributed by atoms with Gasteiger partial charge in [-0.25, -0.2) is 4.39 Å². The molecule has 2 amide bonds. The average molecular weight is 439 g/mol. The first-order chi connectivity index (χ1) is 15.1. The van der Waals surface area contributed by atoms with Crippen molar-refractivity contribution in [2.45, 2.75) is 44.2 Å². The molecule has 0 aliphatic heterocycles. The zero-order valence-corrected chi connectivity index (χ0v) is 17.7. The number of benzene rings is 2. The summed E-state index contributed by atoms with van der Waals surface area (Å²) in [6.07, 6.45) is 4.99. The quantitative estimate of drug-likeness (QED) is 0.614. The van der Waals surface area contributed by atoms with Gasteiger partial charge in [0.05, 0.1) is 0 Å². The molecule has 1 unspecified atom stereocenters. The van der Waals surface area contributed by atoms with Crippen molar-refractivity contribution in [2.75, 3.05) is 4.90 Å². The summed E-state index contributed by atoms with van der Waals surface area (Å²) in [4.78, 5) is 28.3. The van der Waals surface area contributed by atoms with Crippen molar-refractivity contribution in [1.29, 1.82) is 0 Å². The third kappa shape index (κ3) is 4.80. The van der Waals surface area contributed by atoms with E-state index in [1.54, 1.807) is 42.5 Å². The lowest BCUT2D eigenvalue weighted by atomic mass is 9.94. The molecule has 1 aliphatic carbocycles. The smallest absolute Gasteiger partial charge is 0.280 e. The van der Waals surface area contributed by atoms with Crippen molar-refractivity contribution in [3.8, 4) is 0 Å². The lowest BCUT2D eigenvalue weighted by Gasteiger charge is -2.33. The molecule has 0 bridgehead atoms. The van der Waals surface area contributed by atoms with Gasteiger partial charge in [0.15, 0.2) is 5.69 Å². The third-order valence-corrected chi connectivity index (χ3v) is 5.99. The molecule has 6 nitrogen and oxygen atoms in total. The SMILES string of the molecule is O=C(NC1CCCCC1)C(c1ccccc1F)N(C(=O)c1csnn1)c1ccccc1. The molecular weight excluding hydrogens is 415 g/mol. The first-order valence-electron chi connectivity index (χ1n) is 10.4. The number of aromatic nitrogens is 2. The summed E-state index contributed by atoms with van der Waals surface area (Å²) in [7, 11) is 0. The van der Waals surface area contributed by atoms with E-state index in [1.165, 1.54) is 16.3 Å². The highest BCUT2D eigenvalue weighted by Crippen LogP contribution is 2.31. The van der Waals surface area contributed by atoms with Crippen LogP contribution in [0.15, 0.2) is 60.0 Å². The van der Waals surface area contributed by atoms with E-state index in [2.05, 4.69) is 14.9 Å². The van der Waals surface area contributed by atoms with E-state index in [-0.39, 0.29) is 17.3 Å². The molecule has 31 heavy (non-hydrogen) atoms. The first kappa shape index (κ1) is 21.1. The van der Waals surface area contributed by atoms with Crippen LogP contribution in [0.2, 0.25) is 0 Å². The lowest BCUT2D eigenvalue weighted by molar-refractivity contribution is -0.123. The molecule has 1 aromatic heterocycles. The van der Waals surface area contributed by atoms with E-state index in [1.807, 2.05) is 6.07 Å². The van der Waals surface area contributed by atoms with Crippen molar-refractivity contribution in [1.82, 2.24) is 14.9 Å². The fourth-order valence-electron chi connectivity index (χ4n) is 3.97. The largest absolute Gasteiger partial charge is 0.351 e. The van der Waals surface area contributed by atoms with Crippen molar-refractivity contribution in [2.24, 2.45) is 0 Å². The monoisotopic (exact) mass is 438 g/mol. The zero-order valence-electron chi connectivity index (χ0n) is 16.9. The Balaban J connectivity index is 1.78. The number of carbonyl (C=O) groups excluding carboxylic acids is 2.